The fourth-order valence-electron chi connectivity index (χ4n) is 3.07. The summed E-state index contributed by atoms with van der Waals surface area (Å²) in [5.41, 5.74) is -1.25. The number of piperazine rings is 1. The predicted molar refractivity (Wildman–Crippen MR) is 116 cm³/mol. The number of carbonyl (C=O) groups excluding carboxylic acids is 1. The highest BCUT2D eigenvalue weighted by Gasteiger charge is 2.34. The molecule has 32 heavy (non-hydrogen) atoms. The number of halogens is 3. The van der Waals surface area contributed by atoms with E-state index >= 15 is 0 Å². The van der Waals surface area contributed by atoms with Crippen molar-refractivity contribution in [2.24, 2.45) is 0 Å². The second-order valence-corrected chi connectivity index (χ2v) is 10.6. The molecule has 1 N–H and O–H groups in total. The van der Waals surface area contributed by atoms with E-state index in [4.69, 9.17) is 0 Å². The number of nitrogens with one attached hydrogen (secondary N) is 1. The Hall–Kier alpha value is -2.15. The van der Waals surface area contributed by atoms with Crippen LogP contribution < -0.4 is 5.32 Å². The van der Waals surface area contributed by atoms with Gasteiger partial charge in [0.2, 0.25) is 15.9 Å². The molecule has 174 valence electrons. The normalized spacial score (nSPS) is 17.2. The lowest BCUT2D eigenvalue weighted by molar-refractivity contribution is -0.137. The van der Waals surface area contributed by atoms with Crippen LogP contribution in [-0.4, -0.2) is 67.0 Å². The number of thioether (sulfide) groups is 1. The molecule has 1 amide bonds. The first kappa shape index (κ1) is 24.5. The van der Waals surface area contributed by atoms with Gasteiger partial charge in [-0.1, -0.05) is 23.9 Å². The molecule has 0 aliphatic carbocycles. The van der Waals surface area contributed by atoms with Gasteiger partial charge in [0, 0.05) is 32.4 Å². The Morgan fingerprint density at radius 1 is 1.12 bits per heavy atom. The van der Waals surface area contributed by atoms with E-state index in [1.807, 2.05) is 11.9 Å². The lowest BCUT2D eigenvalue weighted by Gasteiger charge is -2.31. The van der Waals surface area contributed by atoms with Gasteiger partial charge in [0.15, 0.2) is 0 Å². The number of anilines is 1. The summed E-state index contributed by atoms with van der Waals surface area (Å²) in [6.07, 6.45) is -3.35. The summed E-state index contributed by atoms with van der Waals surface area (Å²) in [6, 6.07) is 7.65. The Labute approximate surface area is 189 Å². The third kappa shape index (κ3) is 5.80. The number of para-hydroxylation sites is 1. The van der Waals surface area contributed by atoms with Crippen molar-refractivity contribution in [3.05, 3.63) is 48.2 Å². The lowest BCUT2D eigenvalue weighted by Crippen LogP contribution is -2.47. The molecule has 1 atom stereocenters. The zero-order valence-electron chi connectivity index (χ0n) is 17.5. The molecule has 1 aromatic carbocycles. The van der Waals surface area contributed by atoms with E-state index in [0.29, 0.717) is 31.2 Å². The van der Waals surface area contributed by atoms with Crippen LogP contribution in [0, 0.1) is 0 Å². The average molecular weight is 489 g/mol. The first-order valence-corrected chi connectivity index (χ1v) is 12.1. The third-order valence-electron chi connectivity index (χ3n) is 4.97. The van der Waals surface area contributed by atoms with E-state index in [1.54, 1.807) is 0 Å². The van der Waals surface area contributed by atoms with Gasteiger partial charge in [-0.3, -0.25) is 4.79 Å². The standard InChI is InChI=1S/C20H23F3N4O3S2/c1-14(19(28)25-17-6-4-3-5-16(17)20(21,22)23)31-18-8-7-15(13-24-18)32(29,30)27-11-9-26(2)10-12-27/h3-8,13-14H,9-12H2,1-2H3,(H,25,28)/t14-/m1/s1. The van der Waals surface area contributed by atoms with Crippen molar-refractivity contribution in [3.8, 4) is 0 Å². The van der Waals surface area contributed by atoms with Crippen LogP contribution in [0.2, 0.25) is 0 Å². The van der Waals surface area contributed by atoms with Crippen LogP contribution in [0.25, 0.3) is 0 Å². The second-order valence-electron chi connectivity index (χ2n) is 7.33. The maximum absolute atomic E-state index is 13.1. The van der Waals surface area contributed by atoms with Crippen LogP contribution in [0.15, 0.2) is 52.5 Å². The van der Waals surface area contributed by atoms with Gasteiger partial charge in [0.25, 0.3) is 0 Å². The van der Waals surface area contributed by atoms with Crippen molar-refractivity contribution >= 4 is 33.4 Å². The summed E-state index contributed by atoms with van der Waals surface area (Å²) in [4.78, 5) is 18.7. The molecule has 0 radical (unpaired) electrons. The maximum atomic E-state index is 13.1. The maximum Gasteiger partial charge on any atom is 0.418 e. The third-order valence-corrected chi connectivity index (χ3v) is 7.90. The van der Waals surface area contributed by atoms with Crippen molar-refractivity contribution in [3.63, 3.8) is 0 Å². The molecule has 0 unspecified atom stereocenters. The van der Waals surface area contributed by atoms with Gasteiger partial charge in [-0.25, -0.2) is 13.4 Å². The van der Waals surface area contributed by atoms with E-state index in [2.05, 4.69) is 10.3 Å². The van der Waals surface area contributed by atoms with E-state index in [9.17, 15) is 26.4 Å². The van der Waals surface area contributed by atoms with Crippen molar-refractivity contribution < 1.29 is 26.4 Å². The summed E-state index contributed by atoms with van der Waals surface area (Å²) in [6.45, 7) is 3.61. The molecule has 0 saturated carbocycles. The Bertz CT molecular complexity index is 1050. The first-order chi connectivity index (χ1) is 15.0. The zero-order chi connectivity index (χ0) is 23.5. The summed E-state index contributed by atoms with van der Waals surface area (Å²) in [7, 11) is -1.73. The fraction of sp³-hybridized carbons (Fsp3) is 0.400. The highest BCUT2D eigenvalue weighted by atomic mass is 32.2. The number of nitrogens with zero attached hydrogens (tertiary/aromatic N) is 3. The van der Waals surface area contributed by atoms with E-state index in [1.165, 1.54) is 47.8 Å². The van der Waals surface area contributed by atoms with Gasteiger partial charge in [-0.2, -0.15) is 17.5 Å². The van der Waals surface area contributed by atoms with Gasteiger partial charge in [0.1, 0.15) is 4.90 Å². The number of aromatic nitrogens is 1. The van der Waals surface area contributed by atoms with Crippen LogP contribution >= 0.6 is 11.8 Å². The minimum atomic E-state index is -4.59. The minimum Gasteiger partial charge on any atom is -0.325 e. The van der Waals surface area contributed by atoms with Crippen molar-refractivity contribution in [2.45, 2.75) is 28.3 Å². The van der Waals surface area contributed by atoms with Crippen molar-refractivity contribution in [1.82, 2.24) is 14.2 Å². The SMILES string of the molecule is C[C@@H](Sc1ccc(S(=O)(=O)N2CCN(C)CC2)cn1)C(=O)Nc1ccccc1C(F)(F)F. The van der Waals surface area contributed by atoms with Crippen molar-refractivity contribution in [2.75, 3.05) is 38.5 Å². The van der Waals surface area contributed by atoms with Crippen LogP contribution in [0.5, 0.6) is 0 Å². The number of carbonyl (C=O) groups is 1. The summed E-state index contributed by atoms with van der Waals surface area (Å²) in [5, 5.41) is 1.93. The van der Waals surface area contributed by atoms with Gasteiger partial charge >= 0.3 is 6.18 Å². The monoisotopic (exact) mass is 488 g/mol. The number of alkyl halides is 3. The Morgan fingerprint density at radius 3 is 2.38 bits per heavy atom. The number of likely N-dealkylation sites (N-methyl/N-ethyl adjacent to an activating group) is 1. The smallest absolute Gasteiger partial charge is 0.325 e. The Balaban J connectivity index is 1.65. The molecule has 1 fully saturated rings. The van der Waals surface area contributed by atoms with E-state index < -0.39 is 32.9 Å². The van der Waals surface area contributed by atoms with Gasteiger partial charge in [-0.15, -0.1) is 0 Å². The number of rotatable bonds is 6. The van der Waals surface area contributed by atoms with E-state index in [-0.39, 0.29) is 10.6 Å². The summed E-state index contributed by atoms with van der Waals surface area (Å²) < 4.78 is 66.3. The van der Waals surface area contributed by atoms with E-state index in [0.717, 1.165) is 17.8 Å². The number of hydrogen-bond acceptors (Lipinski definition) is 6. The topological polar surface area (TPSA) is 82.6 Å². The molecule has 12 heteroatoms. The summed E-state index contributed by atoms with van der Waals surface area (Å²) >= 11 is 1.02. The second kappa shape index (κ2) is 9.77. The number of sulfonamides is 1. The molecule has 7 nitrogen and oxygen atoms in total. The minimum absolute atomic E-state index is 0.0580. The molecule has 1 aromatic heterocycles. The number of benzene rings is 1. The van der Waals surface area contributed by atoms with Crippen LogP contribution in [0.4, 0.5) is 18.9 Å². The summed E-state index contributed by atoms with van der Waals surface area (Å²) in [5.74, 6) is -0.623. The van der Waals surface area contributed by atoms with Crippen molar-refractivity contribution in [1.29, 1.82) is 0 Å². The molecular formula is C20H23F3N4O3S2. The van der Waals surface area contributed by atoms with Gasteiger partial charge < -0.3 is 10.2 Å². The molecule has 1 aliphatic rings. The number of hydrogen-bond donors (Lipinski definition) is 1. The van der Waals surface area contributed by atoms with Crippen LogP contribution in [0.1, 0.15) is 12.5 Å². The molecule has 1 aliphatic heterocycles. The highest BCUT2D eigenvalue weighted by Crippen LogP contribution is 2.35. The number of amides is 1. The largest absolute Gasteiger partial charge is 0.418 e. The van der Waals surface area contributed by atoms with Crippen LogP contribution in [0.3, 0.4) is 0 Å². The van der Waals surface area contributed by atoms with Crippen LogP contribution in [-0.2, 0) is 21.0 Å². The molecule has 0 bridgehead atoms. The quantitative estimate of drug-likeness (QED) is 0.629. The first-order valence-electron chi connectivity index (χ1n) is 9.77. The fourth-order valence-corrected chi connectivity index (χ4v) is 5.23. The molecule has 0 spiro atoms. The number of pyridine rings is 1. The molecular weight excluding hydrogens is 465 g/mol. The highest BCUT2D eigenvalue weighted by molar-refractivity contribution is 8.00. The van der Waals surface area contributed by atoms with Gasteiger partial charge in [-0.05, 0) is 38.2 Å². The Kier molecular flexibility index (Phi) is 7.48. The molecule has 3 rings (SSSR count). The zero-order valence-corrected chi connectivity index (χ0v) is 19.1. The Morgan fingerprint density at radius 2 is 1.78 bits per heavy atom. The lowest BCUT2D eigenvalue weighted by atomic mass is 10.1. The molecule has 2 aromatic rings. The van der Waals surface area contributed by atoms with Gasteiger partial charge in [0.05, 0.1) is 21.5 Å². The molecule has 2 heterocycles. The predicted octanol–water partition coefficient (Wildman–Crippen LogP) is 3.16. The average Bonchev–Trinajstić information content (AvgIpc) is 2.74. The molecule has 1 saturated heterocycles.